The van der Waals surface area contributed by atoms with Crippen molar-refractivity contribution >= 4 is 0 Å². The van der Waals surface area contributed by atoms with Gasteiger partial charge in [-0.15, -0.1) is 0 Å². The fourth-order valence-corrected chi connectivity index (χ4v) is 1.57. The molecule has 0 spiro atoms. The molecule has 0 aromatic heterocycles. The highest BCUT2D eigenvalue weighted by Crippen LogP contribution is 2.27. The van der Waals surface area contributed by atoms with E-state index in [0.717, 1.165) is 12.5 Å². The van der Waals surface area contributed by atoms with E-state index in [4.69, 9.17) is 4.74 Å². The molecule has 0 N–H and O–H groups in total. The highest BCUT2D eigenvalue weighted by molar-refractivity contribution is 4.73. The first kappa shape index (κ1) is 7.07. The van der Waals surface area contributed by atoms with Gasteiger partial charge in [0.1, 0.15) is 0 Å². The van der Waals surface area contributed by atoms with Gasteiger partial charge in [-0.05, 0) is 25.7 Å². The van der Waals surface area contributed by atoms with E-state index < -0.39 is 0 Å². The van der Waals surface area contributed by atoms with Crippen LogP contribution >= 0.6 is 0 Å². The van der Waals surface area contributed by atoms with Crippen LogP contribution in [0.25, 0.3) is 0 Å². The Labute approximate surface area is 57.4 Å². The molecule has 0 heterocycles. The number of hydrogen-bond donors (Lipinski definition) is 0. The number of rotatable bonds is 2. The zero-order valence-electron chi connectivity index (χ0n) is 6.39. The summed E-state index contributed by atoms with van der Waals surface area (Å²) in [6.45, 7) is 5.24. The Morgan fingerprint density at radius 1 is 1.44 bits per heavy atom. The smallest absolute Gasteiger partial charge is 0.0600 e. The van der Waals surface area contributed by atoms with Crippen LogP contribution in [0.2, 0.25) is 0 Å². The summed E-state index contributed by atoms with van der Waals surface area (Å²) >= 11 is 0. The largest absolute Gasteiger partial charge is 0.378 e. The lowest BCUT2D eigenvalue weighted by atomic mass is 10.1. The third kappa shape index (κ3) is 1.68. The van der Waals surface area contributed by atoms with Crippen molar-refractivity contribution in [2.45, 2.75) is 39.2 Å². The fraction of sp³-hybridized carbons (Fsp3) is 1.00. The summed E-state index contributed by atoms with van der Waals surface area (Å²) in [5.74, 6) is 0.810. The minimum Gasteiger partial charge on any atom is -0.378 e. The van der Waals surface area contributed by atoms with Crippen molar-refractivity contribution in [3.8, 4) is 0 Å². The standard InChI is InChI=1S/C8H16O/c1-3-9-8-6-4-5-7(8)2/h7-8H,3-6H2,1-2H3/t7-,8-/m0/s1. The SMILES string of the molecule is CCO[C@H]1CCC[C@@H]1C. The topological polar surface area (TPSA) is 9.23 Å². The summed E-state index contributed by atoms with van der Waals surface area (Å²) in [6, 6.07) is 0. The predicted molar refractivity (Wildman–Crippen MR) is 38.4 cm³/mol. The lowest BCUT2D eigenvalue weighted by Gasteiger charge is -2.13. The molecule has 0 aromatic carbocycles. The van der Waals surface area contributed by atoms with Gasteiger partial charge in [0.2, 0.25) is 0 Å². The number of hydrogen-bond acceptors (Lipinski definition) is 1. The Kier molecular flexibility index (Phi) is 2.52. The van der Waals surface area contributed by atoms with Gasteiger partial charge >= 0.3 is 0 Å². The molecule has 0 aliphatic heterocycles. The fourth-order valence-electron chi connectivity index (χ4n) is 1.57. The monoisotopic (exact) mass is 128 g/mol. The average molecular weight is 128 g/mol. The van der Waals surface area contributed by atoms with Gasteiger partial charge in [-0.1, -0.05) is 13.3 Å². The third-order valence-corrected chi connectivity index (χ3v) is 2.16. The molecule has 1 saturated carbocycles. The minimum atomic E-state index is 0.579. The van der Waals surface area contributed by atoms with E-state index in [9.17, 15) is 0 Å². The van der Waals surface area contributed by atoms with Crippen LogP contribution in [0.4, 0.5) is 0 Å². The molecule has 1 rings (SSSR count). The van der Waals surface area contributed by atoms with Crippen molar-refractivity contribution in [3.05, 3.63) is 0 Å². The van der Waals surface area contributed by atoms with Crippen LogP contribution in [0.1, 0.15) is 33.1 Å². The third-order valence-electron chi connectivity index (χ3n) is 2.16. The second-order valence-electron chi connectivity index (χ2n) is 2.90. The van der Waals surface area contributed by atoms with Gasteiger partial charge in [0.15, 0.2) is 0 Å². The molecule has 2 atom stereocenters. The first-order valence-corrected chi connectivity index (χ1v) is 3.96. The van der Waals surface area contributed by atoms with Gasteiger partial charge in [0.25, 0.3) is 0 Å². The van der Waals surface area contributed by atoms with Crippen molar-refractivity contribution in [2.24, 2.45) is 5.92 Å². The first-order chi connectivity index (χ1) is 4.34. The lowest BCUT2D eigenvalue weighted by molar-refractivity contribution is 0.0414. The summed E-state index contributed by atoms with van der Waals surface area (Å²) in [7, 11) is 0. The van der Waals surface area contributed by atoms with Crippen LogP contribution in [0.5, 0.6) is 0 Å². The molecule has 1 nitrogen and oxygen atoms in total. The zero-order valence-corrected chi connectivity index (χ0v) is 6.39. The van der Waals surface area contributed by atoms with Crippen LogP contribution in [-0.4, -0.2) is 12.7 Å². The summed E-state index contributed by atoms with van der Waals surface area (Å²) in [5.41, 5.74) is 0. The van der Waals surface area contributed by atoms with Gasteiger partial charge in [-0.3, -0.25) is 0 Å². The summed E-state index contributed by atoms with van der Waals surface area (Å²) in [5, 5.41) is 0. The van der Waals surface area contributed by atoms with E-state index in [1.165, 1.54) is 19.3 Å². The van der Waals surface area contributed by atoms with Crippen LogP contribution in [0.3, 0.4) is 0 Å². The second-order valence-corrected chi connectivity index (χ2v) is 2.90. The number of ether oxygens (including phenoxy) is 1. The molecule has 1 aliphatic carbocycles. The van der Waals surface area contributed by atoms with E-state index >= 15 is 0 Å². The highest BCUT2D eigenvalue weighted by Gasteiger charge is 2.22. The maximum absolute atomic E-state index is 5.52. The van der Waals surface area contributed by atoms with Gasteiger partial charge in [-0.25, -0.2) is 0 Å². The Hall–Kier alpha value is -0.0400. The molecule has 1 aliphatic rings. The van der Waals surface area contributed by atoms with E-state index in [1.54, 1.807) is 0 Å². The maximum atomic E-state index is 5.52. The van der Waals surface area contributed by atoms with Crippen LogP contribution in [0.15, 0.2) is 0 Å². The molecule has 54 valence electrons. The molecule has 1 heteroatoms. The second kappa shape index (κ2) is 3.21. The molecule has 1 fully saturated rings. The average Bonchev–Trinajstić information content (AvgIpc) is 2.18. The molecule has 0 bridgehead atoms. The Morgan fingerprint density at radius 2 is 2.22 bits per heavy atom. The summed E-state index contributed by atoms with van der Waals surface area (Å²) < 4.78 is 5.52. The Morgan fingerprint density at radius 3 is 2.67 bits per heavy atom. The van der Waals surface area contributed by atoms with E-state index in [2.05, 4.69) is 13.8 Å². The molecule has 0 aromatic rings. The maximum Gasteiger partial charge on any atom is 0.0600 e. The molecule has 0 radical (unpaired) electrons. The van der Waals surface area contributed by atoms with Gasteiger partial charge in [0.05, 0.1) is 6.10 Å². The van der Waals surface area contributed by atoms with Crippen molar-refractivity contribution < 1.29 is 4.74 Å². The van der Waals surface area contributed by atoms with Crippen molar-refractivity contribution in [1.82, 2.24) is 0 Å². The molecule has 0 unspecified atom stereocenters. The normalized spacial score (nSPS) is 35.3. The van der Waals surface area contributed by atoms with E-state index in [0.29, 0.717) is 6.10 Å². The Bertz CT molecular complexity index is 80.6. The van der Waals surface area contributed by atoms with Gasteiger partial charge in [0, 0.05) is 6.61 Å². The molecular weight excluding hydrogens is 112 g/mol. The molecule has 0 saturated heterocycles. The Balaban J connectivity index is 2.22. The van der Waals surface area contributed by atoms with Crippen molar-refractivity contribution in [3.63, 3.8) is 0 Å². The van der Waals surface area contributed by atoms with E-state index in [-0.39, 0.29) is 0 Å². The summed E-state index contributed by atoms with van der Waals surface area (Å²) in [6.07, 6.45) is 4.60. The predicted octanol–water partition coefficient (Wildman–Crippen LogP) is 2.21. The van der Waals surface area contributed by atoms with Crippen LogP contribution in [-0.2, 0) is 4.74 Å². The molecule has 9 heavy (non-hydrogen) atoms. The summed E-state index contributed by atoms with van der Waals surface area (Å²) in [4.78, 5) is 0. The minimum absolute atomic E-state index is 0.579. The zero-order chi connectivity index (χ0) is 6.69. The van der Waals surface area contributed by atoms with Crippen LogP contribution in [0, 0.1) is 5.92 Å². The molecule has 0 amide bonds. The van der Waals surface area contributed by atoms with E-state index in [1.807, 2.05) is 0 Å². The quantitative estimate of drug-likeness (QED) is 0.554. The van der Waals surface area contributed by atoms with Gasteiger partial charge in [-0.2, -0.15) is 0 Å². The van der Waals surface area contributed by atoms with Crippen molar-refractivity contribution in [2.75, 3.05) is 6.61 Å². The first-order valence-electron chi connectivity index (χ1n) is 3.96. The lowest BCUT2D eigenvalue weighted by Crippen LogP contribution is -2.14. The van der Waals surface area contributed by atoms with Crippen LogP contribution < -0.4 is 0 Å². The molecular formula is C8H16O. The van der Waals surface area contributed by atoms with Gasteiger partial charge < -0.3 is 4.74 Å². The highest BCUT2D eigenvalue weighted by atomic mass is 16.5. The van der Waals surface area contributed by atoms with Crippen molar-refractivity contribution in [1.29, 1.82) is 0 Å².